The molecule has 0 spiro atoms. The van der Waals surface area contributed by atoms with Crippen molar-refractivity contribution in [2.75, 3.05) is 12.8 Å². The van der Waals surface area contributed by atoms with Gasteiger partial charge in [0.05, 0.1) is 24.6 Å². The molecule has 2 N–H and O–H groups in total. The average Bonchev–Trinajstić information content (AvgIpc) is 2.26. The predicted octanol–water partition coefficient (Wildman–Crippen LogP) is 1.26. The Hall–Kier alpha value is -2.23. The second kappa shape index (κ2) is 4.53. The molecule has 0 atom stereocenters. The minimum absolute atomic E-state index is 0.173. The molecule has 0 bridgehead atoms. The van der Waals surface area contributed by atoms with E-state index in [2.05, 4.69) is 9.72 Å². The Morgan fingerprint density at radius 1 is 1.69 bits per heavy atom. The fourth-order valence-electron chi connectivity index (χ4n) is 1.14. The van der Waals surface area contributed by atoms with Crippen LogP contribution in [-0.4, -0.2) is 18.1 Å². The first-order chi connectivity index (χ1) is 7.52. The molecule has 7 heteroatoms. The lowest BCUT2D eigenvalue weighted by atomic mass is 10.1. The first-order valence-corrected chi connectivity index (χ1v) is 4.07. The summed E-state index contributed by atoms with van der Waals surface area (Å²) in [7, 11) is 1.06. The SMILES string of the molecule is COC(=O)c1c(N)cnc(C(F)F)c1C#N. The Bertz CT molecular complexity index is 469. The number of alkyl halides is 2. The van der Waals surface area contributed by atoms with Crippen LogP contribution in [0.1, 0.15) is 28.0 Å². The quantitative estimate of drug-likeness (QED) is 0.768. The van der Waals surface area contributed by atoms with Crippen molar-refractivity contribution in [3.63, 3.8) is 0 Å². The molecule has 0 saturated carbocycles. The Morgan fingerprint density at radius 2 is 2.31 bits per heavy atom. The molecule has 1 heterocycles. The van der Waals surface area contributed by atoms with Gasteiger partial charge in [0.2, 0.25) is 0 Å². The van der Waals surface area contributed by atoms with Gasteiger partial charge in [0.25, 0.3) is 6.43 Å². The van der Waals surface area contributed by atoms with Crippen LogP contribution in [0.25, 0.3) is 0 Å². The predicted molar refractivity (Wildman–Crippen MR) is 49.7 cm³/mol. The summed E-state index contributed by atoms with van der Waals surface area (Å²) in [6.07, 6.45) is -2.06. The van der Waals surface area contributed by atoms with Crippen LogP contribution >= 0.6 is 0 Å². The van der Waals surface area contributed by atoms with E-state index in [0.717, 1.165) is 13.3 Å². The highest BCUT2D eigenvalue weighted by Gasteiger charge is 2.24. The van der Waals surface area contributed by atoms with Crippen LogP contribution < -0.4 is 5.73 Å². The Labute approximate surface area is 89.4 Å². The Morgan fingerprint density at radius 3 is 2.75 bits per heavy atom. The maximum Gasteiger partial charge on any atom is 0.341 e. The van der Waals surface area contributed by atoms with Gasteiger partial charge in [-0.2, -0.15) is 5.26 Å². The van der Waals surface area contributed by atoms with Gasteiger partial charge in [0.15, 0.2) is 0 Å². The number of hydrogen-bond acceptors (Lipinski definition) is 5. The minimum atomic E-state index is -2.96. The van der Waals surface area contributed by atoms with Crippen LogP contribution in [0.4, 0.5) is 14.5 Å². The number of nitrogens with two attached hydrogens (primary N) is 1. The zero-order valence-corrected chi connectivity index (χ0v) is 8.20. The fraction of sp³-hybridized carbons (Fsp3) is 0.222. The third-order valence-electron chi connectivity index (χ3n) is 1.85. The summed E-state index contributed by atoms with van der Waals surface area (Å²) in [4.78, 5) is 14.6. The topological polar surface area (TPSA) is 89.0 Å². The number of hydrogen-bond donors (Lipinski definition) is 1. The van der Waals surface area contributed by atoms with E-state index < -0.39 is 23.7 Å². The molecule has 0 aliphatic carbocycles. The smallest absolute Gasteiger partial charge is 0.341 e. The molecule has 16 heavy (non-hydrogen) atoms. The second-order valence-electron chi connectivity index (χ2n) is 2.75. The van der Waals surface area contributed by atoms with E-state index in [-0.39, 0.29) is 11.3 Å². The van der Waals surface area contributed by atoms with E-state index >= 15 is 0 Å². The summed E-state index contributed by atoms with van der Waals surface area (Å²) in [6.45, 7) is 0. The molecule has 1 aromatic heterocycles. The van der Waals surface area contributed by atoms with E-state index in [9.17, 15) is 13.6 Å². The molecule has 84 valence electrons. The highest BCUT2D eigenvalue weighted by molar-refractivity contribution is 5.97. The van der Waals surface area contributed by atoms with E-state index in [4.69, 9.17) is 11.0 Å². The summed E-state index contributed by atoms with van der Waals surface area (Å²) in [6, 6.07) is 1.48. The van der Waals surface area contributed by atoms with Gasteiger partial charge in [-0.3, -0.25) is 4.98 Å². The second-order valence-corrected chi connectivity index (χ2v) is 2.75. The van der Waals surface area contributed by atoms with Crippen molar-refractivity contribution in [2.24, 2.45) is 0 Å². The normalized spacial score (nSPS) is 9.94. The number of nitriles is 1. The third-order valence-corrected chi connectivity index (χ3v) is 1.85. The lowest BCUT2D eigenvalue weighted by molar-refractivity contribution is 0.0601. The number of pyridine rings is 1. The number of esters is 1. The first-order valence-electron chi connectivity index (χ1n) is 4.07. The van der Waals surface area contributed by atoms with Crippen LogP contribution in [0.5, 0.6) is 0 Å². The molecule has 0 amide bonds. The lowest BCUT2D eigenvalue weighted by Crippen LogP contribution is -2.12. The van der Waals surface area contributed by atoms with Crippen LogP contribution in [0.2, 0.25) is 0 Å². The third kappa shape index (κ3) is 1.91. The summed E-state index contributed by atoms with van der Waals surface area (Å²) >= 11 is 0. The first kappa shape index (κ1) is 11.8. The van der Waals surface area contributed by atoms with Crippen molar-refractivity contribution in [3.05, 3.63) is 23.0 Å². The van der Waals surface area contributed by atoms with E-state index in [0.29, 0.717) is 0 Å². The van der Waals surface area contributed by atoms with Crippen LogP contribution in [0.3, 0.4) is 0 Å². The largest absolute Gasteiger partial charge is 0.465 e. The van der Waals surface area contributed by atoms with E-state index in [1.807, 2.05) is 0 Å². The van der Waals surface area contributed by atoms with E-state index in [1.165, 1.54) is 6.07 Å². The minimum Gasteiger partial charge on any atom is -0.465 e. The monoisotopic (exact) mass is 227 g/mol. The number of nitrogen functional groups attached to an aromatic ring is 1. The highest BCUT2D eigenvalue weighted by atomic mass is 19.3. The molecule has 1 rings (SSSR count). The molecule has 0 fully saturated rings. The number of anilines is 1. The summed E-state index contributed by atoms with van der Waals surface area (Å²) in [5, 5.41) is 8.73. The molecular weight excluding hydrogens is 220 g/mol. The van der Waals surface area contributed by atoms with Crippen molar-refractivity contribution in [3.8, 4) is 6.07 Å². The molecule has 0 unspecified atom stereocenters. The number of halogens is 2. The molecule has 0 aromatic carbocycles. The van der Waals surface area contributed by atoms with Gasteiger partial charge in [0, 0.05) is 0 Å². The number of carbonyl (C=O) groups is 1. The fourth-order valence-corrected chi connectivity index (χ4v) is 1.14. The van der Waals surface area contributed by atoms with Gasteiger partial charge < -0.3 is 10.5 Å². The Kier molecular flexibility index (Phi) is 3.35. The van der Waals surface area contributed by atoms with E-state index in [1.54, 1.807) is 0 Å². The number of aromatic nitrogens is 1. The number of methoxy groups -OCH3 is 1. The molecule has 0 aliphatic heterocycles. The summed E-state index contributed by atoms with van der Waals surface area (Å²) in [5.74, 6) is -0.946. The van der Waals surface area contributed by atoms with Gasteiger partial charge in [-0.15, -0.1) is 0 Å². The van der Waals surface area contributed by atoms with Crippen LogP contribution in [0, 0.1) is 11.3 Å². The van der Waals surface area contributed by atoms with Gasteiger partial charge in [0.1, 0.15) is 17.3 Å². The molecule has 0 radical (unpaired) electrons. The standard InChI is InChI=1S/C9H7F2N3O2/c1-16-9(15)6-4(2-12)7(8(10)11)14-3-5(6)13/h3,8H,13H2,1H3. The molecule has 0 aliphatic rings. The zero-order chi connectivity index (χ0) is 12.3. The molecule has 5 nitrogen and oxygen atoms in total. The molecular formula is C9H7F2N3O2. The number of carbonyl (C=O) groups excluding carboxylic acids is 1. The van der Waals surface area contributed by atoms with Crippen molar-refractivity contribution < 1.29 is 18.3 Å². The average molecular weight is 227 g/mol. The number of nitrogens with zero attached hydrogens (tertiary/aromatic N) is 2. The number of rotatable bonds is 2. The van der Waals surface area contributed by atoms with Gasteiger partial charge >= 0.3 is 5.97 Å². The zero-order valence-electron chi connectivity index (χ0n) is 8.20. The maximum absolute atomic E-state index is 12.5. The summed E-state index contributed by atoms with van der Waals surface area (Å²) < 4.78 is 29.3. The van der Waals surface area contributed by atoms with Crippen molar-refractivity contribution >= 4 is 11.7 Å². The maximum atomic E-state index is 12.5. The van der Waals surface area contributed by atoms with Crippen molar-refractivity contribution in [2.45, 2.75) is 6.43 Å². The van der Waals surface area contributed by atoms with Gasteiger partial charge in [-0.25, -0.2) is 13.6 Å². The molecule has 0 saturated heterocycles. The van der Waals surface area contributed by atoms with Crippen molar-refractivity contribution in [1.82, 2.24) is 4.98 Å². The Balaban J connectivity index is 3.52. The summed E-state index contributed by atoms with van der Waals surface area (Å²) in [5.41, 5.74) is 3.50. The van der Waals surface area contributed by atoms with Crippen LogP contribution in [-0.2, 0) is 4.74 Å². The van der Waals surface area contributed by atoms with Crippen LogP contribution in [0.15, 0.2) is 6.20 Å². The lowest BCUT2D eigenvalue weighted by Gasteiger charge is -2.08. The molecule has 1 aromatic rings. The van der Waals surface area contributed by atoms with Gasteiger partial charge in [-0.05, 0) is 0 Å². The van der Waals surface area contributed by atoms with Crippen molar-refractivity contribution in [1.29, 1.82) is 5.26 Å². The van der Waals surface area contributed by atoms with Gasteiger partial charge in [-0.1, -0.05) is 0 Å². The highest BCUT2D eigenvalue weighted by Crippen LogP contribution is 2.26. The number of ether oxygens (including phenoxy) is 1.